The number of hydrogen-bond donors (Lipinski definition) is 1. The van der Waals surface area contributed by atoms with Gasteiger partial charge in [-0.3, -0.25) is 14.2 Å². The first-order valence-corrected chi connectivity index (χ1v) is 11.5. The SMILES string of the molecule is CCCn1c(SC(C)C(=O)Nc2ccc(F)cc2)nc2sc3c(c2c1=O)CCC3. The normalized spacial score (nSPS) is 14.2. The van der Waals surface area contributed by atoms with Crippen LogP contribution in [0.25, 0.3) is 10.2 Å². The predicted octanol–water partition coefficient (Wildman–Crippen LogP) is 4.62. The predicted molar refractivity (Wildman–Crippen MR) is 117 cm³/mol. The van der Waals surface area contributed by atoms with Gasteiger partial charge in [0.1, 0.15) is 10.6 Å². The van der Waals surface area contributed by atoms with Gasteiger partial charge in [0.15, 0.2) is 5.16 Å². The Morgan fingerprint density at radius 1 is 1.34 bits per heavy atom. The molecule has 1 atom stereocenters. The van der Waals surface area contributed by atoms with Crippen molar-refractivity contribution in [3.63, 3.8) is 0 Å². The quantitative estimate of drug-likeness (QED) is 0.457. The second kappa shape index (κ2) is 8.28. The van der Waals surface area contributed by atoms with Crippen molar-refractivity contribution in [2.75, 3.05) is 5.32 Å². The Labute approximate surface area is 176 Å². The third kappa shape index (κ3) is 3.96. The van der Waals surface area contributed by atoms with E-state index in [4.69, 9.17) is 4.98 Å². The molecule has 1 N–H and O–H groups in total. The van der Waals surface area contributed by atoms with Crippen molar-refractivity contribution in [2.24, 2.45) is 0 Å². The molecule has 5 nitrogen and oxygen atoms in total. The maximum Gasteiger partial charge on any atom is 0.263 e. The highest BCUT2D eigenvalue weighted by Gasteiger charge is 2.25. The molecule has 0 radical (unpaired) electrons. The van der Waals surface area contributed by atoms with Crippen LogP contribution >= 0.6 is 23.1 Å². The Hall–Kier alpha value is -2.19. The molecule has 0 aliphatic heterocycles. The van der Waals surface area contributed by atoms with Gasteiger partial charge in [0.05, 0.1) is 10.6 Å². The number of aryl methyl sites for hydroxylation is 2. The minimum Gasteiger partial charge on any atom is -0.325 e. The summed E-state index contributed by atoms with van der Waals surface area (Å²) in [6.45, 7) is 4.37. The van der Waals surface area contributed by atoms with Crippen LogP contribution in [0.4, 0.5) is 10.1 Å². The van der Waals surface area contributed by atoms with Crippen molar-refractivity contribution < 1.29 is 9.18 Å². The first-order valence-electron chi connectivity index (χ1n) is 9.76. The van der Waals surface area contributed by atoms with E-state index in [0.29, 0.717) is 17.4 Å². The molecule has 1 unspecified atom stereocenters. The van der Waals surface area contributed by atoms with E-state index in [1.165, 1.54) is 46.5 Å². The van der Waals surface area contributed by atoms with Crippen molar-refractivity contribution in [2.45, 2.75) is 56.5 Å². The number of rotatable bonds is 6. The molecule has 0 saturated carbocycles. The van der Waals surface area contributed by atoms with E-state index in [2.05, 4.69) is 5.32 Å². The Morgan fingerprint density at radius 3 is 2.83 bits per heavy atom. The lowest BCUT2D eigenvalue weighted by molar-refractivity contribution is -0.115. The van der Waals surface area contributed by atoms with Crippen LogP contribution in [-0.2, 0) is 24.2 Å². The van der Waals surface area contributed by atoms with E-state index in [1.807, 2.05) is 6.92 Å². The number of anilines is 1. The van der Waals surface area contributed by atoms with Gasteiger partial charge >= 0.3 is 0 Å². The summed E-state index contributed by atoms with van der Waals surface area (Å²) in [5.74, 6) is -0.568. The van der Waals surface area contributed by atoms with Gasteiger partial charge < -0.3 is 5.32 Å². The number of nitrogens with zero attached hydrogens (tertiary/aromatic N) is 2. The molecule has 2 aromatic heterocycles. The molecule has 3 aromatic rings. The van der Waals surface area contributed by atoms with E-state index in [0.717, 1.165) is 35.9 Å². The van der Waals surface area contributed by atoms with Crippen molar-refractivity contribution >= 4 is 44.9 Å². The smallest absolute Gasteiger partial charge is 0.263 e. The molecule has 0 spiro atoms. The van der Waals surface area contributed by atoms with Crippen LogP contribution in [0.3, 0.4) is 0 Å². The van der Waals surface area contributed by atoms with Gasteiger partial charge in [-0.25, -0.2) is 9.37 Å². The molecule has 1 amide bonds. The lowest BCUT2D eigenvalue weighted by Gasteiger charge is -2.15. The summed E-state index contributed by atoms with van der Waals surface area (Å²) in [6, 6.07) is 5.65. The molecule has 0 saturated heterocycles. The number of amides is 1. The average molecular weight is 432 g/mol. The molecule has 1 aliphatic rings. The number of benzene rings is 1. The van der Waals surface area contributed by atoms with E-state index in [9.17, 15) is 14.0 Å². The second-order valence-corrected chi connectivity index (χ2v) is 9.54. The fourth-order valence-electron chi connectivity index (χ4n) is 3.56. The summed E-state index contributed by atoms with van der Waals surface area (Å²) in [5.41, 5.74) is 1.71. The van der Waals surface area contributed by atoms with Crippen LogP contribution in [0.2, 0.25) is 0 Å². The number of halogens is 1. The van der Waals surface area contributed by atoms with Gasteiger partial charge in [-0.1, -0.05) is 18.7 Å². The highest BCUT2D eigenvalue weighted by molar-refractivity contribution is 8.00. The van der Waals surface area contributed by atoms with Crippen LogP contribution < -0.4 is 10.9 Å². The first-order chi connectivity index (χ1) is 14.0. The minimum absolute atomic E-state index is 0.00453. The largest absolute Gasteiger partial charge is 0.325 e. The van der Waals surface area contributed by atoms with Gasteiger partial charge in [-0.05, 0) is 62.4 Å². The maximum absolute atomic E-state index is 13.2. The number of carbonyl (C=O) groups is 1. The van der Waals surface area contributed by atoms with Gasteiger partial charge in [0.2, 0.25) is 5.91 Å². The number of nitrogens with one attached hydrogen (secondary N) is 1. The Balaban J connectivity index is 1.62. The maximum atomic E-state index is 13.2. The number of thioether (sulfide) groups is 1. The van der Waals surface area contributed by atoms with Crippen molar-refractivity contribution in [1.82, 2.24) is 9.55 Å². The topological polar surface area (TPSA) is 64.0 Å². The zero-order chi connectivity index (χ0) is 20.5. The Bertz CT molecular complexity index is 1120. The standard InChI is InChI=1S/C21H22FN3O2S2/c1-3-11-25-20(27)17-15-5-4-6-16(15)29-19(17)24-21(25)28-12(2)18(26)23-14-9-7-13(22)8-10-14/h7-10,12H,3-6,11H2,1-2H3,(H,23,26). The minimum atomic E-state index is -0.459. The van der Waals surface area contributed by atoms with E-state index >= 15 is 0 Å². The summed E-state index contributed by atoms with van der Waals surface area (Å²) in [7, 11) is 0. The number of fused-ring (bicyclic) bond motifs is 3. The molecule has 4 rings (SSSR count). The first kappa shape index (κ1) is 20.1. The molecule has 1 aromatic carbocycles. The molecule has 8 heteroatoms. The summed E-state index contributed by atoms with van der Waals surface area (Å²) >= 11 is 2.89. The molecule has 29 heavy (non-hydrogen) atoms. The van der Waals surface area contributed by atoms with E-state index < -0.39 is 5.25 Å². The molecule has 0 bridgehead atoms. The summed E-state index contributed by atoms with van der Waals surface area (Å²) in [5, 5.41) is 3.67. The lowest BCUT2D eigenvalue weighted by atomic mass is 10.2. The zero-order valence-corrected chi connectivity index (χ0v) is 18.0. The third-order valence-electron chi connectivity index (χ3n) is 5.00. The molecule has 2 heterocycles. The number of hydrogen-bond acceptors (Lipinski definition) is 5. The van der Waals surface area contributed by atoms with Crippen LogP contribution in [0.5, 0.6) is 0 Å². The van der Waals surface area contributed by atoms with Crippen molar-refractivity contribution in [1.29, 1.82) is 0 Å². The lowest BCUT2D eigenvalue weighted by Crippen LogP contribution is -2.27. The summed E-state index contributed by atoms with van der Waals surface area (Å²) in [4.78, 5) is 32.6. The number of thiophene rings is 1. The summed E-state index contributed by atoms with van der Waals surface area (Å²) < 4.78 is 14.8. The molecule has 1 aliphatic carbocycles. The molecular weight excluding hydrogens is 409 g/mol. The van der Waals surface area contributed by atoms with Gasteiger partial charge in [0.25, 0.3) is 5.56 Å². The van der Waals surface area contributed by atoms with Crippen molar-refractivity contribution in [3.05, 3.63) is 50.9 Å². The second-order valence-electron chi connectivity index (χ2n) is 7.14. The number of aromatic nitrogens is 2. The van der Waals surface area contributed by atoms with Crippen molar-refractivity contribution in [3.8, 4) is 0 Å². The van der Waals surface area contributed by atoms with Gasteiger partial charge in [0, 0.05) is 17.1 Å². The van der Waals surface area contributed by atoms with Crippen LogP contribution in [0.15, 0.2) is 34.2 Å². The highest BCUT2D eigenvalue weighted by atomic mass is 32.2. The zero-order valence-electron chi connectivity index (χ0n) is 16.3. The monoisotopic (exact) mass is 431 g/mol. The highest BCUT2D eigenvalue weighted by Crippen LogP contribution is 2.36. The van der Waals surface area contributed by atoms with E-state index in [-0.39, 0.29) is 17.3 Å². The van der Waals surface area contributed by atoms with Crippen LogP contribution in [0.1, 0.15) is 37.1 Å². The van der Waals surface area contributed by atoms with E-state index in [1.54, 1.807) is 22.8 Å². The number of carbonyl (C=O) groups excluding carboxylic acids is 1. The average Bonchev–Trinajstić information content (AvgIpc) is 3.27. The Morgan fingerprint density at radius 2 is 2.10 bits per heavy atom. The van der Waals surface area contributed by atoms with Crippen LogP contribution in [0, 0.1) is 5.82 Å². The van der Waals surface area contributed by atoms with Gasteiger partial charge in [-0.2, -0.15) is 0 Å². The Kier molecular flexibility index (Phi) is 5.74. The molecule has 0 fully saturated rings. The molecule has 152 valence electrons. The summed E-state index contributed by atoms with van der Waals surface area (Å²) in [6.07, 6.45) is 3.87. The van der Waals surface area contributed by atoms with Crippen LogP contribution in [-0.4, -0.2) is 20.7 Å². The van der Waals surface area contributed by atoms with Gasteiger partial charge in [-0.15, -0.1) is 11.3 Å². The fourth-order valence-corrected chi connectivity index (χ4v) is 5.79. The molecular formula is C21H22FN3O2S2. The fraction of sp³-hybridized carbons (Fsp3) is 0.381. The third-order valence-corrected chi connectivity index (χ3v) is 7.28.